The van der Waals surface area contributed by atoms with E-state index in [0.717, 1.165) is 27.0 Å². The molecule has 0 fully saturated rings. The zero-order valence-corrected chi connectivity index (χ0v) is 16.5. The molecule has 0 saturated carbocycles. The van der Waals surface area contributed by atoms with Crippen molar-refractivity contribution in [2.45, 2.75) is 11.8 Å². The molecule has 0 aliphatic carbocycles. The van der Waals surface area contributed by atoms with Gasteiger partial charge >= 0.3 is 0 Å². The van der Waals surface area contributed by atoms with Gasteiger partial charge in [-0.1, -0.05) is 58.4 Å². The number of ether oxygens (including phenoxy) is 1. The minimum Gasteiger partial charge on any atom is -0.497 e. The fourth-order valence-electron chi connectivity index (χ4n) is 3.19. The molecule has 2 atom stereocenters. The van der Waals surface area contributed by atoms with Gasteiger partial charge in [0.25, 0.3) is 0 Å². The maximum atomic E-state index is 5.31. The lowest BCUT2D eigenvalue weighted by Crippen LogP contribution is -2.47. The molecule has 4 rings (SSSR count). The Morgan fingerprint density at radius 1 is 0.963 bits per heavy atom. The Morgan fingerprint density at radius 3 is 2.33 bits per heavy atom. The van der Waals surface area contributed by atoms with Crippen LogP contribution in [0.2, 0.25) is 0 Å². The van der Waals surface area contributed by atoms with Gasteiger partial charge in [-0.25, -0.2) is 0 Å². The standard InChI is InChI=1S/C22H20BrN3O/c1-27-20-13-7-17(8-14-20)22(25-19-11-9-18(23)10-12-19)15-24-21(26-22)16-5-3-2-4-6-16/h2-15,21,25-26H,1H3. The molecule has 0 radical (unpaired) electrons. The van der Waals surface area contributed by atoms with E-state index in [1.807, 2.05) is 60.8 Å². The van der Waals surface area contributed by atoms with Gasteiger partial charge in [0.1, 0.15) is 11.9 Å². The molecule has 136 valence electrons. The number of methoxy groups -OCH3 is 1. The summed E-state index contributed by atoms with van der Waals surface area (Å²) in [5.41, 5.74) is 2.58. The minimum atomic E-state index is -0.611. The summed E-state index contributed by atoms with van der Waals surface area (Å²) in [4.78, 5) is 4.75. The van der Waals surface area contributed by atoms with Gasteiger partial charge in [0, 0.05) is 16.4 Å². The molecule has 0 saturated heterocycles. The fourth-order valence-corrected chi connectivity index (χ4v) is 3.46. The minimum absolute atomic E-state index is 0.115. The molecule has 0 aromatic heterocycles. The molecule has 0 bridgehead atoms. The largest absolute Gasteiger partial charge is 0.497 e. The van der Waals surface area contributed by atoms with E-state index in [1.165, 1.54) is 0 Å². The maximum absolute atomic E-state index is 5.31. The topological polar surface area (TPSA) is 45.6 Å². The average Bonchev–Trinajstić information content (AvgIpc) is 3.16. The molecule has 27 heavy (non-hydrogen) atoms. The van der Waals surface area contributed by atoms with E-state index < -0.39 is 5.66 Å². The van der Waals surface area contributed by atoms with Crippen molar-refractivity contribution in [2.75, 3.05) is 12.4 Å². The summed E-state index contributed by atoms with van der Waals surface area (Å²) in [6.07, 6.45) is 1.84. The lowest BCUT2D eigenvalue weighted by molar-refractivity contribution is 0.413. The average molecular weight is 422 g/mol. The van der Waals surface area contributed by atoms with Crippen molar-refractivity contribution >= 4 is 27.8 Å². The number of benzene rings is 3. The third kappa shape index (κ3) is 3.75. The molecule has 2 N–H and O–H groups in total. The zero-order valence-electron chi connectivity index (χ0n) is 14.9. The number of aliphatic imine (C=N–C) groups is 1. The lowest BCUT2D eigenvalue weighted by atomic mass is 9.99. The Morgan fingerprint density at radius 2 is 1.67 bits per heavy atom. The first-order chi connectivity index (χ1) is 13.2. The van der Waals surface area contributed by atoms with Crippen LogP contribution in [-0.2, 0) is 5.66 Å². The Bertz CT molecular complexity index is 926. The molecule has 1 heterocycles. The van der Waals surface area contributed by atoms with Crippen molar-refractivity contribution in [3.8, 4) is 5.75 Å². The second kappa shape index (κ2) is 7.55. The summed E-state index contributed by atoms with van der Waals surface area (Å²) in [5, 5.41) is 7.26. The van der Waals surface area contributed by atoms with Gasteiger partial charge in [0.05, 0.1) is 7.11 Å². The summed E-state index contributed by atoms with van der Waals surface area (Å²) in [5.74, 6) is 0.826. The Kier molecular flexibility index (Phi) is 4.97. The second-order valence-corrected chi connectivity index (χ2v) is 7.32. The molecular weight excluding hydrogens is 402 g/mol. The number of anilines is 1. The Balaban J connectivity index is 1.69. The van der Waals surface area contributed by atoms with Crippen LogP contribution in [0.15, 0.2) is 88.3 Å². The number of nitrogens with one attached hydrogen (secondary N) is 2. The van der Waals surface area contributed by atoms with E-state index in [4.69, 9.17) is 9.73 Å². The smallest absolute Gasteiger partial charge is 0.153 e. The van der Waals surface area contributed by atoms with Crippen LogP contribution in [-0.4, -0.2) is 13.3 Å². The van der Waals surface area contributed by atoms with E-state index >= 15 is 0 Å². The van der Waals surface area contributed by atoms with Gasteiger partial charge in [-0.3, -0.25) is 10.3 Å². The molecule has 1 aliphatic rings. The highest BCUT2D eigenvalue weighted by atomic mass is 79.9. The molecule has 3 aromatic rings. The van der Waals surface area contributed by atoms with E-state index in [1.54, 1.807) is 7.11 Å². The number of nitrogens with zero attached hydrogens (tertiary/aromatic N) is 1. The maximum Gasteiger partial charge on any atom is 0.153 e. The van der Waals surface area contributed by atoms with Crippen molar-refractivity contribution < 1.29 is 4.74 Å². The second-order valence-electron chi connectivity index (χ2n) is 6.40. The highest BCUT2D eigenvalue weighted by Crippen LogP contribution is 2.33. The van der Waals surface area contributed by atoms with Crippen LogP contribution >= 0.6 is 15.9 Å². The van der Waals surface area contributed by atoms with E-state index in [9.17, 15) is 0 Å². The van der Waals surface area contributed by atoms with Crippen LogP contribution in [0.25, 0.3) is 0 Å². The van der Waals surface area contributed by atoms with E-state index in [2.05, 4.69) is 50.8 Å². The fraction of sp³-hybridized carbons (Fsp3) is 0.136. The molecule has 3 aromatic carbocycles. The van der Waals surface area contributed by atoms with Crippen molar-refractivity contribution in [1.82, 2.24) is 5.32 Å². The van der Waals surface area contributed by atoms with Crippen LogP contribution in [0.3, 0.4) is 0 Å². The molecule has 0 spiro atoms. The third-order valence-corrected chi connectivity index (χ3v) is 5.16. The Labute approximate surface area is 167 Å². The number of hydrogen-bond donors (Lipinski definition) is 2. The summed E-state index contributed by atoms with van der Waals surface area (Å²) in [6.45, 7) is 0. The molecular formula is C22H20BrN3O. The predicted octanol–water partition coefficient (Wildman–Crippen LogP) is 5.10. The summed E-state index contributed by atoms with van der Waals surface area (Å²) >= 11 is 3.49. The summed E-state index contributed by atoms with van der Waals surface area (Å²) in [7, 11) is 1.67. The van der Waals surface area contributed by atoms with Crippen molar-refractivity contribution in [2.24, 2.45) is 4.99 Å². The summed E-state index contributed by atoms with van der Waals surface area (Å²) in [6, 6.07) is 26.4. The van der Waals surface area contributed by atoms with Crippen LogP contribution < -0.4 is 15.4 Å². The Hall–Kier alpha value is -2.63. The van der Waals surface area contributed by atoms with Gasteiger partial charge in [-0.05, 0) is 47.5 Å². The van der Waals surface area contributed by atoms with Gasteiger partial charge in [0.15, 0.2) is 5.66 Å². The van der Waals surface area contributed by atoms with Crippen molar-refractivity contribution in [3.05, 3.63) is 94.5 Å². The van der Waals surface area contributed by atoms with E-state index in [0.29, 0.717) is 0 Å². The monoisotopic (exact) mass is 421 g/mol. The first kappa shape index (κ1) is 17.8. The van der Waals surface area contributed by atoms with Crippen LogP contribution in [0.1, 0.15) is 17.3 Å². The SMILES string of the molecule is COc1ccc(C2(Nc3ccc(Br)cc3)C=NC(c3ccccc3)N2)cc1. The molecule has 2 unspecified atom stereocenters. The summed E-state index contributed by atoms with van der Waals surface area (Å²) < 4.78 is 6.35. The first-order valence-electron chi connectivity index (χ1n) is 8.74. The van der Waals surface area contributed by atoms with Crippen molar-refractivity contribution in [3.63, 3.8) is 0 Å². The predicted molar refractivity (Wildman–Crippen MR) is 113 cm³/mol. The molecule has 0 amide bonds. The van der Waals surface area contributed by atoms with Gasteiger partial charge in [0.2, 0.25) is 0 Å². The molecule has 4 nitrogen and oxygen atoms in total. The zero-order chi connectivity index (χ0) is 18.7. The quantitative estimate of drug-likeness (QED) is 0.602. The van der Waals surface area contributed by atoms with Crippen LogP contribution in [0, 0.1) is 0 Å². The lowest BCUT2D eigenvalue weighted by Gasteiger charge is -2.31. The van der Waals surface area contributed by atoms with Crippen LogP contribution in [0.4, 0.5) is 5.69 Å². The number of halogens is 1. The highest BCUT2D eigenvalue weighted by Gasteiger charge is 2.37. The number of rotatable bonds is 5. The van der Waals surface area contributed by atoms with Gasteiger partial charge in [-0.2, -0.15) is 0 Å². The molecule has 1 aliphatic heterocycles. The number of hydrogen-bond acceptors (Lipinski definition) is 4. The normalized spacial score (nSPS) is 21.2. The van der Waals surface area contributed by atoms with E-state index in [-0.39, 0.29) is 6.17 Å². The third-order valence-electron chi connectivity index (χ3n) is 4.63. The van der Waals surface area contributed by atoms with Crippen molar-refractivity contribution in [1.29, 1.82) is 0 Å². The first-order valence-corrected chi connectivity index (χ1v) is 9.53. The molecule has 5 heteroatoms. The van der Waals surface area contributed by atoms with Crippen LogP contribution in [0.5, 0.6) is 5.75 Å². The van der Waals surface area contributed by atoms with Gasteiger partial charge in [-0.15, -0.1) is 0 Å². The van der Waals surface area contributed by atoms with Gasteiger partial charge < -0.3 is 10.1 Å². The highest BCUT2D eigenvalue weighted by molar-refractivity contribution is 9.10.